The van der Waals surface area contributed by atoms with Crippen molar-refractivity contribution in [1.82, 2.24) is 10.9 Å². The molecule has 0 aliphatic rings. The second-order valence-corrected chi connectivity index (χ2v) is 4.98. The summed E-state index contributed by atoms with van der Waals surface area (Å²) in [5.41, 5.74) is 8.33. The Bertz CT molecular complexity index is 648. The lowest BCUT2D eigenvalue weighted by atomic mass is 10.1. The van der Waals surface area contributed by atoms with Gasteiger partial charge in [-0.05, 0) is 31.0 Å². The molecular weight excluding hydrogens is 264 g/mol. The first kappa shape index (κ1) is 14.8. The molecule has 0 spiro atoms. The molecule has 0 aliphatic heterocycles. The average molecular weight is 282 g/mol. The zero-order chi connectivity index (χ0) is 15.2. The molecule has 4 heteroatoms. The van der Waals surface area contributed by atoms with E-state index in [2.05, 4.69) is 10.9 Å². The Kier molecular flexibility index (Phi) is 4.72. The summed E-state index contributed by atoms with van der Waals surface area (Å²) in [4.78, 5) is 23.7. The number of hydrazine groups is 1. The number of rotatable bonds is 3. The highest BCUT2D eigenvalue weighted by atomic mass is 16.2. The molecule has 0 aromatic heterocycles. The summed E-state index contributed by atoms with van der Waals surface area (Å²) < 4.78 is 0. The van der Waals surface area contributed by atoms with Gasteiger partial charge >= 0.3 is 0 Å². The smallest absolute Gasteiger partial charge is 0.269 e. The lowest BCUT2D eigenvalue weighted by Crippen LogP contribution is -2.42. The normalized spacial score (nSPS) is 10.0. The van der Waals surface area contributed by atoms with Crippen LogP contribution in [0.15, 0.2) is 48.5 Å². The molecule has 2 amide bonds. The van der Waals surface area contributed by atoms with Crippen LogP contribution < -0.4 is 10.9 Å². The second kappa shape index (κ2) is 6.70. The van der Waals surface area contributed by atoms with E-state index in [1.807, 2.05) is 50.2 Å². The number of hydrogen-bond acceptors (Lipinski definition) is 2. The Morgan fingerprint density at radius 1 is 0.905 bits per heavy atom. The van der Waals surface area contributed by atoms with Crippen LogP contribution in [-0.4, -0.2) is 11.8 Å². The van der Waals surface area contributed by atoms with Crippen molar-refractivity contribution < 1.29 is 9.59 Å². The van der Waals surface area contributed by atoms with Gasteiger partial charge < -0.3 is 0 Å². The van der Waals surface area contributed by atoms with Crippen molar-refractivity contribution in [1.29, 1.82) is 0 Å². The van der Waals surface area contributed by atoms with Gasteiger partial charge in [-0.15, -0.1) is 0 Å². The molecule has 0 unspecified atom stereocenters. The van der Waals surface area contributed by atoms with Crippen molar-refractivity contribution in [2.24, 2.45) is 0 Å². The fourth-order valence-corrected chi connectivity index (χ4v) is 1.96. The van der Waals surface area contributed by atoms with Gasteiger partial charge in [0.25, 0.3) is 5.91 Å². The van der Waals surface area contributed by atoms with Crippen LogP contribution in [0, 0.1) is 13.8 Å². The molecule has 0 heterocycles. The molecule has 4 nitrogen and oxygen atoms in total. The summed E-state index contributed by atoms with van der Waals surface area (Å²) >= 11 is 0. The van der Waals surface area contributed by atoms with E-state index in [1.54, 1.807) is 12.1 Å². The Labute approximate surface area is 124 Å². The van der Waals surface area contributed by atoms with Gasteiger partial charge in [-0.2, -0.15) is 0 Å². The van der Waals surface area contributed by atoms with Crippen molar-refractivity contribution in [2.75, 3.05) is 0 Å². The van der Waals surface area contributed by atoms with Crippen LogP contribution in [0.5, 0.6) is 0 Å². The first-order valence-electron chi connectivity index (χ1n) is 6.76. The van der Waals surface area contributed by atoms with E-state index in [-0.39, 0.29) is 18.2 Å². The topological polar surface area (TPSA) is 58.2 Å². The molecule has 2 rings (SSSR count). The Morgan fingerprint density at radius 3 is 2.24 bits per heavy atom. The van der Waals surface area contributed by atoms with E-state index in [0.29, 0.717) is 5.56 Å². The highest BCUT2D eigenvalue weighted by molar-refractivity contribution is 5.96. The Hall–Kier alpha value is -2.62. The highest BCUT2D eigenvalue weighted by Crippen LogP contribution is 2.06. The minimum atomic E-state index is -0.314. The number of hydrogen-bond donors (Lipinski definition) is 2. The molecular formula is C17H18N2O2. The predicted octanol–water partition coefficient (Wildman–Crippen LogP) is 2.31. The fourth-order valence-electron chi connectivity index (χ4n) is 1.96. The summed E-state index contributed by atoms with van der Waals surface area (Å²) in [6.07, 6.45) is 0.230. The molecule has 2 N–H and O–H groups in total. The van der Waals surface area contributed by atoms with Crippen LogP contribution in [-0.2, 0) is 11.2 Å². The maximum Gasteiger partial charge on any atom is 0.269 e. The van der Waals surface area contributed by atoms with E-state index in [4.69, 9.17) is 0 Å². The van der Waals surface area contributed by atoms with Gasteiger partial charge in [-0.25, -0.2) is 0 Å². The van der Waals surface area contributed by atoms with Crippen molar-refractivity contribution in [3.05, 3.63) is 70.8 Å². The van der Waals surface area contributed by atoms with Gasteiger partial charge in [-0.3, -0.25) is 20.4 Å². The summed E-state index contributed by atoms with van der Waals surface area (Å²) in [6, 6.07) is 14.9. The standard InChI is InChI=1S/C17H18N2O2/c1-12-7-9-14(10-8-12)11-16(20)18-19-17(21)15-6-4-3-5-13(15)2/h3-10H,11H2,1-2H3,(H,18,20)(H,19,21). The molecule has 0 radical (unpaired) electrons. The summed E-state index contributed by atoms with van der Waals surface area (Å²) in [5.74, 6) is -0.564. The molecule has 2 aromatic rings. The fraction of sp³-hybridized carbons (Fsp3) is 0.176. The van der Waals surface area contributed by atoms with Crippen molar-refractivity contribution in [2.45, 2.75) is 20.3 Å². The third-order valence-corrected chi connectivity index (χ3v) is 3.19. The average Bonchev–Trinajstić information content (AvgIpc) is 2.48. The number of amides is 2. The minimum absolute atomic E-state index is 0.230. The monoisotopic (exact) mass is 282 g/mol. The highest BCUT2D eigenvalue weighted by Gasteiger charge is 2.09. The summed E-state index contributed by atoms with van der Waals surface area (Å²) in [5, 5.41) is 0. The number of benzene rings is 2. The molecule has 21 heavy (non-hydrogen) atoms. The summed E-state index contributed by atoms with van der Waals surface area (Å²) in [7, 11) is 0. The third kappa shape index (κ3) is 4.18. The van der Waals surface area contributed by atoms with Crippen molar-refractivity contribution in [3.8, 4) is 0 Å². The van der Waals surface area contributed by atoms with Crippen molar-refractivity contribution in [3.63, 3.8) is 0 Å². The van der Waals surface area contributed by atoms with E-state index < -0.39 is 0 Å². The number of carbonyl (C=O) groups excluding carboxylic acids is 2. The molecule has 0 bridgehead atoms. The first-order valence-corrected chi connectivity index (χ1v) is 6.76. The van der Waals surface area contributed by atoms with Gasteiger partial charge in [-0.1, -0.05) is 48.0 Å². The quantitative estimate of drug-likeness (QED) is 0.849. The van der Waals surface area contributed by atoms with Crippen LogP contribution in [0.4, 0.5) is 0 Å². The maximum atomic E-state index is 11.9. The lowest BCUT2D eigenvalue weighted by Gasteiger charge is -2.09. The lowest BCUT2D eigenvalue weighted by molar-refractivity contribution is -0.121. The molecule has 0 fully saturated rings. The SMILES string of the molecule is Cc1ccc(CC(=O)NNC(=O)c2ccccc2C)cc1. The zero-order valence-corrected chi connectivity index (χ0v) is 12.1. The van der Waals surface area contributed by atoms with E-state index in [1.165, 1.54) is 0 Å². The molecule has 0 saturated heterocycles. The van der Waals surface area contributed by atoms with Crippen LogP contribution in [0.2, 0.25) is 0 Å². The second-order valence-electron chi connectivity index (χ2n) is 4.98. The summed E-state index contributed by atoms with van der Waals surface area (Å²) in [6.45, 7) is 3.84. The number of aryl methyl sites for hydroxylation is 2. The predicted molar refractivity (Wildman–Crippen MR) is 81.7 cm³/mol. The number of nitrogens with one attached hydrogen (secondary N) is 2. The minimum Gasteiger partial charge on any atom is -0.273 e. The van der Waals surface area contributed by atoms with Gasteiger partial charge in [0.1, 0.15) is 0 Å². The number of carbonyl (C=O) groups is 2. The Morgan fingerprint density at radius 2 is 1.57 bits per heavy atom. The van der Waals surface area contributed by atoms with Gasteiger partial charge in [0, 0.05) is 5.56 Å². The maximum absolute atomic E-state index is 11.9. The van der Waals surface area contributed by atoms with Crippen LogP contribution >= 0.6 is 0 Å². The largest absolute Gasteiger partial charge is 0.273 e. The molecule has 0 atom stereocenters. The van der Waals surface area contributed by atoms with Gasteiger partial charge in [0.15, 0.2) is 0 Å². The van der Waals surface area contributed by atoms with Gasteiger partial charge in [0.2, 0.25) is 5.91 Å². The van der Waals surface area contributed by atoms with E-state index in [0.717, 1.165) is 16.7 Å². The van der Waals surface area contributed by atoms with Crippen LogP contribution in [0.25, 0.3) is 0 Å². The Balaban J connectivity index is 1.88. The molecule has 0 saturated carbocycles. The third-order valence-electron chi connectivity index (χ3n) is 3.19. The molecule has 0 aliphatic carbocycles. The molecule has 108 valence electrons. The van der Waals surface area contributed by atoms with Crippen LogP contribution in [0.1, 0.15) is 27.0 Å². The van der Waals surface area contributed by atoms with E-state index >= 15 is 0 Å². The first-order chi connectivity index (χ1) is 10.1. The van der Waals surface area contributed by atoms with E-state index in [9.17, 15) is 9.59 Å². The van der Waals surface area contributed by atoms with Crippen molar-refractivity contribution >= 4 is 11.8 Å². The zero-order valence-electron chi connectivity index (χ0n) is 12.1. The molecule has 2 aromatic carbocycles. The van der Waals surface area contributed by atoms with Crippen LogP contribution in [0.3, 0.4) is 0 Å². The van der Waals surface area contributed by atoms with Gasteiger partial charge in [0.05, 0.1) is 6.42 Å².